The zero-order valence-electron chi connectivity index (χ0n) is 16.7. The number of benzene rings is 2. The predicted octanol–water partition coefficient (Wildman–Crippen LogP) is -0.497. The number of phenolic OH excluding ortho intramolecular Hbond substituents is 4. The van der Waals surface area contributed by atoms with Crippen molar-refractivity contribution in [3.05, 3.63) is 41.5 Å². The lowest BCUT2D eigenvalue weighted by Gasteiger charge is -2.39. The number of aromatic hydroxyl groups is 4. The van der Waals surface area contributed by atoms with E-state index in [4.69, 9.17) is 9.47 Å². The molecule has 0 saturated carbocycles. The third-order valence-corrected chi connectivity index (χ3v) is 5.13. The minimum absolute atomic E-state index is 0.127. The molecule has 0 radical (unpaired) electrons. The fourth-order valence-electron chi connectivity index (χ4n) is 3.35. The van der Waals surface area contributed by atoms with Gasteiger partial charge in [-0.15, -0.1) is 0 Å². The fraction of sp³-hybridized carbons (Fsp3) is 0.381. The quantitative estimate of drug-likeness (QED) is 0.199. The van der Waals surface area contributed by atoms with Crippen LogP contribution in [0.25, 0.3) is 0 Å². The molecule has 5 atom stereocenters. The molecule has 1 heterocycles. The number of phenols is 4. The number of hydrogen-bond donors (Lipinski definition) is 8. The molecule has 174 valence electrons. The van der Waals surface area contributed by atoms with E-state index in [9.17, 15) is 45.6 Å². The number of Topliss-reactive ketones (excluding diaryl/α,β-unsaturated/α-hetero) is 1. The number of carbonyl (C=O) groups is 1. The van der Waals surface area contributed by atoms with Crippen LogP contribution in [-0.2, 0) is 11.2 Å². The number of aliphatic hydroxyl groups is 4. The normalized spacial score (nSPS) is 25.4. The summed E-state index contributed by atoms with van der Waals surface area (Å²) in [6.07, 6.45) is -7.65. The van der Waals surface area contributed by atoms with E-state index >= 15 is 0 Å². The van der Waals surface area contributed by atoms with E-state index in [1.54, 1.807) is 0 Å². The van der Waals surface area contributed by atoms with Gasteiger partial charge in [-0.05, 0) is 24.1 Å². The molecule has 0 aliphatic carbocycles. The molecule has 1 aliphatic rings. The molecule has 0 amide bonds. The third kappa shape index (κ3) is 4.87. The Bertz CT molecular complexity index is 951. The number of hydrogen-bond acceptors (Lipinski definition) is 11. The van der Waals surface area contributed by atoms with Gasteiger partial charge in [-0.2, -0.15) is 0 Å². The van der Waals surface area contributed by atoms with Gasteiger partial charge in [0.25, 0.3) is 0 Å². The average Bonchev–Trinajstić information content (AvgIpc) is 2.74. The van der Waals surface area contributed by atoms with Crippen molar-refractivity contribution in [3.63, 3.8) is 0 Å². The first-order valence-electron chi connectivity index (χ1n) is 9.69. The lowest BCUT2D eigenvalue weighted by molar-refractivity contribution is -0.277. The van der Waals surface area contributed by atoms with Crippen molar-refractivity contribution in [3.8, 4) is 28.7 Å². The maximum atomic E-state index is 12.5. The molecule has 1 aliphatic heterocycles. The first-order valence-corrected chi connectivity index (χ1v) is 9.69. The van der Waals surface area contributed by atoms with Crippen molar-refractivity contribution in [1.29, 1.82) is 0 Å². The van der Waals surface area contributed by atoms with Crippen LogP contribution >= 0.6 is 0 Å². The van der Waals surface area contributed by atoms with Gasteiger partial charge in [0, 0.05) is 18.6 Å². The largest absolute Gasteiger partial charge is 0.507 e. The Labute approximate surface area is 182 Å². The first-order chi connectivity index (χ1) is 15.1. The second-order valence-corrected chi connectivity index (χ2v) is 7.40. The van der Waals surface area contributed by atoms with E-state index in [-0.39, 0.29) is 35.7 Å². The van der Waals surface area contributed by atoms with Crippen LogP contribution in [0.15, 0.2) is 30.3 Å². The second-order valence-electron chi connectivity index (χ2n) is 7.40. The Morgan fingerprint density at radius 1 is 0.875 bits per heavy atom. The molecular weight excluding hydrogens is 428 g/mol. The topological polar surface area (TPSA) is 197 Å². The number of aliphatic hydroxyl groups excluding tert-OH is 4. The van der Waals surface area contributed by atoms with E-state index in [2.05, 4.69) is 0 Å². The molecule has 1 saturated heterocycles. The summed E-state index contributed by atoms with van der Waals surface area (Å²) < 4.78 is 10.5. The summed E-state index contributed by atoms with van der Waals surface area (Å²) in [5, 5.41) is 78.2. The van der Waals surface area contributed by atoms with Gasteiger partial charge >= 0.3 is 0 Å². The van der Waals surface area contributed by atoms with Crippen LogP contribution in [0.2, 0.25) is 0 Å². The summed E-state index contributed by atoms with van der Waals surface area (Å²) in [4.78, 5) is 12.5. The molecule has 2 aromatic rings. The van der Waals surface area contributed by atoms with E-state index < -0.39 is 54.6 Å². The number of rotatable bonds is 7. The molecule has 2 aromatic carbocycles. The number of ether oxygens (including phenoxy) is 2. The highest BCUT2D eigenvalue weighted by atomic mass is 16.7. The molecule has 0 spiro atoms. The summed E-state index contributed by atoms with van der Waals surface area (Å²) >= 11 is 0. The minimum Gasteiger partial charge on any atom is -0.507 e. The van der Waals surface area contributed by atoms with Crippen molar-refractivity contribution < 1.29 is 55.1 Å². The van der Waals surface area contributed by atoms with Gasteiger partial charge in [-0.25, -0.2) is 0 Å². The highest BCUT2D eigenvalue weighted by Crippen LogP contribution is 2.35. The van der Waals surface area contributed by atoms with Gasteiger partial charge in [0.1, 0.15) is 47.2 Å². The Kier molecular flexibility index (Phi) is 7.06. The van der Waals surface area contributed by atoms with Crippen molar-refractivity contribution in [2.45, 2.75) is 43.5 Å². The average molecular weight is 452 g/mol. The van der Waals surface area contributed by atoms with E-state index in [1.807, 2.05) is 0 Å². The highest BCUT2D eigenvalue weighted by molar-refractivity contribution is 6.01. The van der Waals surface area contributed by atoms with Gasteiger partial charge in [-0.1, -0.05) is 6.07 Å². The fourth-order valence-corrected chi connectivity index (χ4v) is 3.35. The predicted molar refractivity (Wildman–Crippen MR) is 107 cm³/mol. The third-order valence-electron chi connectivity index (χ3n) is 5.13. The molecule has 1 unspecified atom stereocenters. The van der Waals surface area contributed by atoms with Crippen molar-refractivity contribution in [2.24, 2.45) is 0 Å². The SMILES string of the molecule is O=C(CCc1ccc(O)c(O)c1)c1c(O)cc(OC2O[C@H](CO)[C@@H](O)[C@H](O)[C@H]2O)cc1O. The van der Waals surface area contributed by atoms with Gasteiger partial charge in [0.15, 0.2) is 17.3 Å². The minimum atomic E-state index is -1.69. The monoisotopic (exact) mass is 452 g/mol. The lowest BCUT2D eigenvalue weighted by Crippen LogP contribution is -2.60. The molecule has 11 heteroatoms. The van der Waals surface area contributed by atoms with E-state index in [0.717, 1.165) is 12.1 Å². The molecule has 0 bridgehead atoms. The molecule has 3 rings (SSSR count). The van der Waals surface area contributed by atoms with Crippen LogP contribution in [0.1, 0.15) is 22.3 Å². The van der Waals surface area contributed by atoms with Gasteiger partial charge in [0.05, 0.1) is 6.61 Å². The standard InChI is InChI=1S/C21H24O11/c22-8-16-18(28)19(29)20(30)21(32-16)31-10-6-14(26)17(15(27)7-10)12(24)4-2-9-1-3-11(23)13(25)5-9/h1,3,5-7,16,18-23,25-30H,2,4,8H2/t16-,18-,19+,20-,21?/m1/s1. The number of carbonyl (C=O) groups excluding carboxylic acids is 1. The van der Waals surface area contributed by atoms with E-state index in [0.29, 0.717) is 5.56 Å². The maximum absolute atomic E-state index is 12.5. The molecule has 32 heavy (non-hydrogen) atoms. The number of ketones is 1. The van der Waals surface area contributed by atoms with Crippen molar-refractivity contribution >= 4 is 5.78 Å². The van der Waals surface area contributed by atoms with Crippen LogP contribution in [-0.4, -0.2) is 83.9 Å². The Morgan fingerprint density at radius 2 is 1.53 bits per heavy atom. The van der Waals surface area contributed by atoms with E-state index in [1.165, 1.54) is 18.2 Å². The summed E-state index contributed by atoms with van der Waals surface area (Å²) in [5.74, 6) is -2.66. The lowest BCUT2D eigenvalue weighted by atomic mass is 9.99. The maximum Gasteiger partial charge on any atom is 0.229 e. The van der Waals surface area contributed by atoms with Crippen molar-refractivity contribution in [2.75, 3.05) is 6.61 Å². The molecule has 1 fully saturated rings. The smallest absolute Gasteiger partial charge is 0.229 e. The summed E-state index contributed by atoms with van der Waals surface area (Å²) in [5.41, 5.74) is 0.185. The molecule has 0 aromatic heterocycles. The van der Waals surface area contributed by atoms with Crippen LogP contribution in [0.3, 0.4) is 0 Å². The highest BCUT2D eigenvalue weighted by Gasteiger charge is 2.44. The Hall–Kier alpha value is -3.09. The molecular formula is C21H24O11. The summed E-state index contributed by atoms with van der Waals surface area (Å²) in [6, 6.07) is 6.08. The van der Waals surface area contributed by atoms with Crippen molar-refractivity contribution in [1.82, 2.24) is 0 Å². The Balaban J connectivity index is 1.71. The van der Waals surface area contributed by atoms with Gasteiger partial charge < -0.3 is 50.3 Å². The zero-order valence-corrected chi connectivity index (χ0v) is 16.7. The van der Waals surface area contributed by atoms with Crippen LogP contribution in [0, 0.1) is 0 Å². The van der Waals surface area contributed by atoms with Gasteiger partial charge in [0.2, 0.25) is 6.29 Å². The van der Waals surface area contributed by atoms with Crippen LogP contribution < -0.4 is 4.74 Å². The Morgan fingerprint density at radius 3 is 2.12 bits per heavy atom. The zero-order chi connectivity index (χ0) is 23.6. The first kappa shape index (κ1) is 23.6. The number of aryl methyl sites for hydroxylation is 1. The molecule has 8 N–H and O–H groups in total. The van der Waals surface area contributed by atoms with Crippen LogP contribution in [0.5, 0.6) is 28.7 Å². The van der Waals surface area contributed by atoms with Gasteiger partial charge in [-0.3, -0.25) is 4.79 Å². The summed E-state index contributed by atoms with van der Waals surface area (Å²) in [7, 11) is 0. The second kappa shape index (κ2) is 9.59. The summed E-state index contributed by atoms with van der Waals surface area (Å²) in [6.45, 7) is -0.659. The molecule has 11 nitrogen and oxygen atoms in total. The van der Waals surface area contributed by atoms with Crippen LogP contribution in [0.4, 0.5) is 0 Å².